The number of hydrogen-bond donors (Lipinski definition) is 1. The van der Waals surface area contributed by atoms with E-state index < -0.39 is 0 Å². The predicted octanol–water partition coefficient (Wildman–Crippen LogP) is 4.97. The molecule has 2 nitrogen and oxygen atoms in total. The van der Waals surface area contributed by atoms with E-state index in [0.29, 0.717) is 5.41 Å². The van der Waals surface area contributed by atoms with Gasteiger partial charge in [0, 0.05) is 23.0 Å². The lowest BCUT2D eigenvalue weighted by Crippen LogP contribution is -2.32. The zero-order valence-corrected chi connectivity index (χ0v) is 13.4. The second kappa shape index (κ2) is 6.19. The Labute approximate surface area is 125 Å². The van der Waals surface area contributed by atoms with Crippen LogP contribution in [0.3, 0.4) is 0 Å². The van der Waals surface area contributed by atoms with Crippen LogP contribution < -0.4 is 5.32 Å². The minimum atomic E-state index is 0.388. The summed E-state index contributed by atoms with van der Waals surface area (Å²) in [4.78, 5) is 4.72. The monoisotopic (exact) mass is 296 g/mol. The molecule has 1 N–H and O–H groups in total. The van der Waals surface area contributed by atoms with Crippen LogP contribution >= 0.6 is 23.4 Å². The summed E-state index contributed by atoms with van der Waals surface area (Å²) in [5.41, 5.74) is 2.52. The highest BCUT2D eigenvalue weighted by molar-refractivity contribution is 8.14. The van der Waals surface area contributed by atoms with Crippen LogP contribution in [0.25, 0.3) is 0 Å². The van der Waals surface area contributed by atoms with Gasteiger partial charge in [0.1, 0.15) is 0 Å². The maximum absolute atomic E-state index is 6.14. The van der Waals surface area contributed by atoms with Crippen molar-refractivity contribution in [3.63, 3.8) is 0 Å². The molecule has 0 amide bonds. The van der Waals surface area contributed by atoms with Gasteiger partial charge < -0.3 is 5.32 Å². The Bertz CT molecular complexity index is 481. The third kappa shape index (κ3) is 3.26. The number of amidine groups is 1. The van der Waals surface area contributed by atoms with E-state index in [-0.39, 0.29) is 0 Å². The summed E-state index contributed by atoms with van der Waals surface area (Å²) in [5.74, 6) is 1.14. The molecule has 0 spiro atoms. The molecular formula is C15H21ClN2S. The highest BCUT2D eigenvalue weighted by Gasteiger charge is 2.30. The van der Waals surface area contributed by atoms with Gasteiger partial charge in [-0.25, -0.2) is 0 Å². The summed E-state index contributed by atoms with van der Waals surface area (Å²) >= 11 is 7.96. The van der Waals surface area contributed by atoms with Crippen molar-refractivity contribution in [1.82, 2.24) is 0 Å². The lowest BCUT2D eigenvalue weighted by molar-refractivity contribution is 0.318. The largest absolute Gasteiger partial charge is 0.335 e. The van der Waals surface area contributed by atoms with E-state index in [2.05, 4.69) is 19.2 Å². The normalized spacial score (nSPS) is 18.0. The molecular weight excluding hydrogens is 276 g/mol. The van der Waals surface area contributed by atoms with E-state index in [1.165, 1.54) is 12.8 Å². The van der Waals surface area contributed by atoms with Gasteiger partial charge in [-0.05, 0) is 42.9 Å². The highest BCUT2D eigenvalue weighted by atomic mass is 35.5. The van der Waals surface area contributed by atoms with Crippen LogP contribution in [0.15, 0.2) is 23.2 Å². The second-order valence-corrected chi connectivity index (χ2v) is 6.53. The van der Waals surface area contributed by atoms with Gasteiger partial charge in [-0.15, -0.1) is 0 Å². The molecule has 0 saturated heterocycles. The van der Waals surface area contributed by atoms with Crippen LogP contribution in [0.2, 0.25) is 5.02 Å². The van der Waals surface area contributed by atoms with Crippen molar-refractivity contribution in [3.05, 3.63) is 28.8 Å². The Morgan fingerprint density at radius 2 is 2.11 bits per heavy atom. The van der Waals surface area contributed by atoms with Gasteiger partial charge in [0.15, 0.2) is 5.17 Å². The van der Waals surface area contributed by atoms with E-state index in [9.17, 15) is 0 Å². The van der Waals surface area contributed by atoms with Gasteiger partial charge in [-0.1, -0.05) is 43.3 Å². The maximum Gasteiger partial charge on any atom is 0.161 e. The number of hydrogen-bond acceptors (Lipinski definition) is 3. The molecule has 0 bridgehead atoms. The molecule has 2 rings (SSSR count). The first-order chi connectivity index (χ1) is 9.10. The second-order valence-electron chi connectivity index (χ2n) is 5.15. The molecule has 0 radical (unpaired) electrons. The summed E-state index contributed by atoms with van der Waals surface area (Å²) in [6.07, 6.45) is 2.40. The van der Waals surface area contributed by atoms with Crippen molar-refractivity contribution in [1.29, 1.82) is 0 Å². The Balaban J connectivity index is 2.09. The molecule has 1 aliphatic heterocycles. The molecule has 1 heterocycles. The fraction of sp³-hybridized carbons (Fsp3) is 0.533. The summed E-state index contributed by atoms with van der Waals surface area (Å²) in [5, 5.41) is 5.22. The minimum absolute atomic E-state index is 0.388. The van der Waals surface area contributed by atoms with E-state index >= 15 is 0 Å². The van der Waals surface area contributed by atoms with Crippen LogP contribution in [0.4, 0.5) is 5.69 Å². The molecule has 1 aliphatic rings. The number of benzene rings is 1. The van der Waals surface area contributed by atoms with Gasteiger partial charge in [-0.3, -0.25) is 4.99 Å². The summed E-state index contributed by atoms with van der Waals surface area (Å²) in [6, 6.07) is 5.93. The Kier molecular flexibility index (Phi) is 4.80. The molecule has 0 aliphatic carbocycles. The topological polar surface area (TPSA) is 24.4 Å². The average molecular weight is 297 g/mol. The van der Waals surface area contributed by atoms with Crippen molar-refractivity contribution in [2.45, 2.75) is 33.6 Å². The smallest absolute Gasteiger partial charge is 0.161 e. The minimum Gasteiger partial charge on any atom is -0.335 e. The molecule has 0 atom stereocenters. The summed E-state index contributed by atoms with van der Waals surface area (Å²) in [6.45, 7) is 7.48. The average Bonchev–Trinajstić information content (AvgIpc) is 2.45. The van der Waals surface area contributed by atoms with E-state index in [1.54, 1.807) is 0 Å². The van der Waals surface area contributed by atoms with Gasteiger partial charge >= 0.3 is 0 Å². The lowest BCUT2D eigenvalue weighted by atomic mass is 9.84. The SMILES string of the molecule is CCC1(CC)CN=C(Nc2cccc(Cl)c2C)SC1. The Hall–Kier alpha value is -0.670. The first kappa shape index (κ1) is 14.7. The molecule has 1 aromatic rings. The van der Waals surface area contributed by atoms with Gasteiger partial charge in [0.25, 0.3) is 0 Å². The lowest BCUT2D eigenvalue weighted by Gasteiger charge is -2.33. The molecule has 19 heavy (non-hydrogen) atoms. The van der Waals surface area contributed by atoms with E-state index in [0.717, 1.165) is 33.7 Å². The zero-order chi connectivity index (χ0) is 13.9. The Morgan fingerprint density at radius 3 is 2.68 bits per heavy atom. The molecule has 0 aromatic heterocycles. The van der Waals surface area contributed by atoms with Gasteiger partial charge in [0.2, 0.25) is 0 Å². The number of rotatable bonds is 3. The van der Waals surface area contributed by atoms with Crippen LogP contribution in [-0.4, -0.2) is 17.5 Å². The van der Waals surface area contributed by atoms with Crippen LogP contribution in [0.1, 0.15) is 32.3 Å². The molecule has 4 heteroatoms. The number of halogens is 1. The number of nitrogens with zero attached hydrogens (tertiary/aromatic N) is 1. The first-order valence-corrected chi connectivity index (χ1v) is 8.16. The third-order valence-corrected chi connectivity index (χ3v) is 5.75. The number of anilines is 1. The fourth-order valence-electron chi connectivity index (χ4n) is 2.16. The molecule has 0 unspecified atom stereocenters. The van der Waals surface area contributed by atoms with E-state index in [1.807, 2.05) is 36.9 Å². The standard InChI is InChI=1S/C15H21ClN2S/c1-4-15(5-2)9-17-14(19-10-15)18-13-8-6-7-12(16)11(13)3/h6-8H,4-5,9-10H2,1-3H3,(H,17,18). The Morgan fingerprint density at radius 1 is 1.37 bits per heavy atom. The van der Waals surface area contributed by atoms with Crippen molar-refractivity contribution in [2.24, 2.45) is 10.4 Å². The van der Waals surface area contributed by atoms with Crippen molar-refractivity contribution >= 4 is 34.2 Å². The maximum atomic E-state index is 6.14. The number of thioether (sulfide) groups is 1. The molecule has 104 valence electrons. The van der Waals surface area contributed by atoms with Gasteiger partial charge in [-0.2, -0.15) is 0 Å². The third-order valence-electron chi connectivity index (χ3n) is 4.08. The molecule has 0 fully saturated rings. The molecule has 1 aromatic carbocycles. The van der Waals surface area contributed by atoms with Crippen LogP contribution in [-0.2, 0) is 0 Å². The summed E-state index contributed by atoms with van der Waals surface area (Å²) in [7, 11) is 0. The first-order valence-electron chi connectivity index (χ1n) is 6.79. The summed E-state index contributed by atoms with van der Waals surface area (Å²) < 4.78 is 0. The van der Waals surface area contributed by atoms with Crippen molar-refractivity contribution < 1.29 is 0 Å². The van der Waals surface area contributed by atoms with Crippen LogP contribution in [0.5, 0.6) is 0 Å². The van der Waals surface area contributed by atoms with Crippen molar-refractivity contribution in [2.75, 3.05) is 17.6 Å². The number of aliphatic imine (C=N–C) groups is 1. The number of nitrogens with one attached hydrogen (secondary N) is 1. The van der Waals surface area contributed by atoms with Crippen molar-refractivity contribution in [3.8, 4) is 0 Å². The van der Waals surface area contributed by atoms with E-state index in [4.69, 9.17) is 16.6 Å². The highest BCUT2D eigenvalue weighted by Crippen LogP contribution is 2.35. The quantitative estimate of drug-likeness (QED) is 0.851. The van der Waals surface area contributed by atoms with Crippen LogP contribution in [0, 0.1) is 12.3 Å². The zero-order valence-electron chi connectivity index (χ0n) is 11.8. The predicted molar refractivity (Wildman–Crippen MR) is 87.6 cm³/mol. The fourth-order valence-corrected chi connectivity index (χ4v) is 3.62. The van der Waals surface area contributed by atoms with Gasteiger partial charge in [0.05, 0.1) is 0 Å². The molecule has 0 saturated carbocycles.